The van der Waals surface area contributed by atoms with Crippen LogP contribution in [0.15, 0.2) is 65.6 Å². The molecule has 0 bridgehead atoms. The van der Waals surface area contributed by atoms with Gasteiger partial charge in [0.15, 0.2) is 11.6 Å². The normalized spacial score (nSPS) is 11.1. The minimum absolute atomic E-state index is 0.0183. The van der Waals surface area contributed by atoms with Crippen molar-refractivity contribution in [1.82, 2.24) is 10.2 Å². The Kier molecular flexibility index (Phi) is 5.08. The predicted molar refractivity (Wildman–Crippen MR) is 99.0 cm³/mol. The lowest BCUT2D eigenvalue weighted by atomic mass is 10.3. The van der Waals surface area contributed by atoms with E-state index in [2.05, 4.69) is 20.2 Å². The van der Waals surface area contributed by atoms with Crippen molar-refractivity contribution in [3.8, 4) is 0 Å². The SMILES string of the molecule is O=S(=O)(Nc1ccc(Nc2ccccc2)nn1)c1ccc(Cl)c(Cl)c1. The molecule has 0 spiro atoms. The Bertz CT molecular complexity index is 981. The molecular formula is C16H12Cl2N4O2S. The lowest BCUT2D eigenvalue weighted by Gasteiger charge is -2.09. The van der Waals surface area contributed by atoms with E-state index in [4.69, 9.17) is 23.2 Å². The van der Waals surface area contributed by atoms with E-state index in [1.54, 1.807) is 6.07 Å². The van der Waals surface area contributed by atoms with E-state index in [-0.39, 0.29) is 20.8 Å². The first-order valence-corrected chi connectivity index (χ1v) is 9.32. The molecule has 2 N–H and O–H groups in total. The fourth-order valence-electron chi connectivity index (χ4n) is 1.96. The van der Waals surface area contributed by atoms with E-state index in [0.29, 0.717) is 5.82 Å². The molecule has 25 heavy (non-hydrogen) atoms. The number of para-hydroxylation sites is 1. The Hall–Kier alpha value is -2.35. The number of anilines is 3. The average molecular weight is 395 g/mol. The van der Waals surface area contributed by atoms with Gasteiger partial charge in [0.1, 0.15) is 0 Å². The van der Waals surface area contributed by atoms with Gasteiger partial charge in [-0.25, -0.2) is 8.42 Å². The van der Waals surface area contributed by atoms with Crippen LogP contribution in [0, 0.1) is 0 Å². The van der Waals surface area contributed by atoms with E-state index in [1.807, 2.05) is 30.3 Å². The zero-order chi connectivity index (χ0) is 17.9. The van der Waals surface area contributed by atoms with Crippen molar-refractivity contribution in [3.05, 3.63) is 70.7 Å². The highest BCUT2D eigenvalue weighted by Crippen LogP contribution is 2.25. The highest BCUT2D eigenvalue weighted by Gasteiger charge is 2.16. The Morgan fingerprint density at radius 3 is 2.12 bits per heavy atom. The molecule has 3 aromatic rings. The molecule has 0 aliphatic carbocycles. The maximum Gasteiger partial charge on any atom is 0.263 e. The van der Waals surface area contributed by atoms with Crippen LogP contribution < -0.4 is 10.0 Å². The van der Waals surface area contributed by atoms with Crippen molar-refractivity contribution < 1.29 is 8.42 Å². The smallest absolute Gasteiger partial charge is 0.263 e. The Morgan fingerprint density at radius 1 is 0.800 bits per heavy atom. The molecule has 0 amide bonds. The van der Waals surface area contributed by atoms with Crippen molar-refractivity contribution >= 4 is 50.5 Å². The molecule has 2 aromatic carbocycles. The fourth-order valence-corrected chi connectivity index (χ4v) is 3.35. The van der Waals surface area contributed by atoms with E-state index in [1.165, 1.54) is 24.3 Å². The number of nitrogens with zero attached hydrogens (tertiary/aromatic N) is 2. The van der Waals surface area contributed by atoms with Crippen molar-refractivity contribution in [3.63, 3.8) is 0 Å². The number of nitrogens with one attached hydrogen (secondary N) is 2. The maximum absolute atomic E-state index is 12.3. The van der Waals surface area contributed by atoms with Crippen molar-refractivity contribution in [2.45, 2.75) is 4.90 Å². The summed E-state index contributed by atoms with van der Waals surface area (Å²) in [7, 11) is -3.84. The Balaban J connectivity index is 1.75. The first kappa shape index (κ1) is 17.5. The van der Waals surface area contributed by atoms with Crippen LogP contribution in [0.25, 0.3) is 0 Å². The van der Waals surface area contributed by atoms with Gasteiger partial charge in [-0.3, -0.25) is 4.72 Å². The first-order valence-electron chi connectivity index (χ1n) is 7.08. The number of rotatable bonds is 5. The Morgan fingerprint density at radius 2 is 1.48 bits per heavy atom. The van der Waals surface area contributed by atoms with Gasteiger partial charge in [0.25, 0.3) is 10.0 Å². The molecule has 0 aliphatic rings. The van der Waals surface area contributed by atoms with Gasteiger partial charge in [-0.15, -0.1) is 10.2 Å². The zero-order valence-corrected chi connectivity index (χ0v) is 15.0. The van der Waals surface area contributed by atoms with Crippen molar-refractivity contribution in [1.29, 1.82) is 0 Å². The van der Waals surface area contributed by atoms with E-state index in [9.17, 15) is 8.42 Å². The van der Waals surface area contributed by atoms with Gasteiger partial charge in [0.05, 0.1) is 14.9 Å². The van der Waals surface area contributed by atoms with E-state index < -0.39 is 10.0 Å². The van der Waals surface area contributed by atoms with Crippen LogP contribution >= 0.6 is 23.2 Å². The van der Waals surface area contributed by atoms with Gasteiger partial charge in [-0.1, -0.05) is 41.4 Å². The van der Waals surface area contributed by atoms with Crippen LogP contribution in [0.3, 0.4) is 0 Å². The quantitative estimate of drug-likeness (QED) is 0.672. The third-order valence-corrected chi connectivity index (χ3v) is 5.24. The number of sulfonamides is 1. The second-order valence-corrected chi connectivity index (χ2v) is 7.47. The molecule has 1 heterocycles. The summed E-state index contributed by atoms with van der Waals surface area (Å²) in [6.45, 7) is 0. The lowest BCUT2D eigenvalue weighted by Crippen LogP contribution is -2.14. The summed E-state index contributed by atoms with van der Waals surface area (Å²) in [5.74, 6) is 0.577. The van der Waals surface area contributed by atoms with Crippen LogP contribution in [0.4, 0.5) is 17.3 Å². The molecule has 0 aliphatic heterocycles. The topological polar surface area (TPSA) is 84.0 Å². The third kappa shape index (κ3) is 4.39. The molecule has 0 unspecified atom stereocenters. The summed E-state index contributed by atoms with van der Waals surface area (Å²) in [4.78, 5) is -0.0183. The van der Waals surface area contributed by atoms with Gasteiger partial charge in [0, 0.05) is 5.69 Å². The standard InChI is InChI=1S/C16H12Cl2N4O2S/c17-13-7-6-12(10-14(13)18)25(23,24)22-16-9-8-15(20-21-16)19-11-4-2-1-3-5-11/h1-10H,(H,19,20)(H,21,22). The van der Waals surface area contributed by atoms with Crippen LogP contribution in [0.1, 0.15) is 0 Å². The maximum atomic E-state index is 12.3. The van der Waals surface area contributed by atoms with Crippen LogP contribution in [-0.2, 0) is 10.0 Å². The second-order valence-electron chi connectivity index (χ2n) is 4.98. The molecule has 1 aromatic heterocycles. The number of hydrogen-bond donors (Lipinski definition) is 2. The first-order chi connectivity index (χ1) is 11.9. The van der Waals surface area contributed by atoms with Gasteiger partial charge in [-0.05, 0) is 42.5 Å². The zero-order valence-electron chi connectivity index (χ0n) is 12.6. The molecule has 0 fully saturated rings. The van der Waals surface area contributed by atoms with Gasteiger partial charge < -0.3 is 5.32 Å². The minimum Gasteiger partial charge on any atom is -0.339 e. The summed E-state index contributed by atoms with van der Waals surface area (Å²) in [6, 6.07) is 16.6. The van der Waals surface area contributed by atoms with Gasteiger partial charge in [0.2, 0.25) is 0 Å². The molecule has 128 valence electrons. The number of halogens is 2. The highest BCUT2D eigenvalue weighted by atomic mass is 35.5. The van der Waals surface area contributed by atoms with Crippen molar-refractivity contribution in [2.24, 2.45) is 0 Å². The summed E-state index contributed by atoms with van der Waals surface area (Å²) >= 11 is 11.7. The molecule has 0 atom stereocenters. The monoisotopic (exact) mass is 394 g/mol. The van der Waals surface area contributed by atoms with Crippen LogP contribution in [0.5, 0.6) is 0 Å². The number of hydrogen-bond acceptors (Lipinski definition) is 5. The molecule has 0 radical (unpaired) electrons. The predicted octanol–water partition coefficient (Wildman–Crippen LogP) is 4.33. The van der Waals surface area contributed by atoms with Crippen LogP contribution in [0.2, 0.25) is 10.0 Å². The second kappa shape index (κ2) is 7.26. The average Bonchev–Trinajstić information content (AvgIpc) is 2.60. The lowest BCUT2D eigenvalue weighted by molar-refractivity contribution is 0.601. The molecule has 9 heteroatoms. The molecule has 3 rings (SSSR count). The summed E-state index contributed by atoms with van der Waals surface area (Å²) in [5, 5.41) is 11.3. The molecule has 0 saturated heterocycles. The fraction of sp³-hybridized carbons (Fsp3) is 0. The van der Waals surface area contributed by atoms with E-state index in [0.717, 1.165) is 5.69 Å². The molecule has 6 nitrogen and oxygen atoms in total. The van der Waals surface area contributed by atoms with Gasteiger partial charge >= 0.3 is 0 Å². The minimum atomic E-state index is -3.84. The summed E-state index contributed by atoms with van der Waals surface area (Å²) in [5.41, 5.74) is 0.848. The summed E-state index contributed by atoms with van der Waals surface area (Å²) in [6.07, 6.45) is 0. The molecule has 0 saturated carbocycles. The summed E-state index contributed by atoms with van der Waals surface area (Å²) < 4.78 is 27.0. The Labute approximate surface area is 154 Å². The number of benzene rings is 2. The van der Waals surface area contributed by atoms with Crippen molar-refractivity contribution in [2.75, 3.05) is 10.0 Å². The van der Waals surface area contributed by atoms with Crippen LogP contribution in [-0.4, -0.2) is 18.6 Å². The molecular weight excluding hydrogens is 383 g/mol. The largest absolute Gasteiger partial charge is 0.339 e. The van der Waals surface area contributed by atoms with Gasteiger partial charge in [-0.2, -0.15) is 0 Å². The van der Waals surface area contributed by atoms with E-state index >= 15 is 0 Å². The number of aromatic nitrogens is 2. The third-order valence-electron chi connectivity index (χ3n) is 3.15. The highest BCUT2D eigenvalue weighted by molar-refractivity contribution is 7.92.